The molecule has 0 spiro atoms. The summed E-state index contributed by atoms with van der Waals surface area (Å²) < 4.78 is 39.4. The van der Waals surface area contributed by atoms with Gasteiger partial charge in [-0.1, -0.05) is 18.2 Å². The maximum Gasteiger partial charge on any atom is 0.416 e. The highest BCUT2D eigenvalue weighted by Gasteiger charge is 2.49. The first-order valence-electron chi connectivity index (χ1n) is 7.92. The van der Waals surface area contributed by atoms with Crippen molar-refractivity contribution in [3.05, 3.63) is 35.4 Å². The van der Waals surface area contributed by atoms with Crippen molar-refractivity contribution in [1.29, 1.82) is 0 Å². The van der Waals surface area contributed by atoms with Crippen molar-refractivity contribution in [3.8, 4) is 0 Å². The molecule has 2 atom stereocenters. The van der Waals surface area contributed by atoms with Gasteiger partial charge in [0.1, 0.15) is 6.54 Å². The van der Waals surface area contributed by atoms with Crippen molar-refractivity contribution in [1.82, 2.24) is 9.80 Å². The summed E-state index contributed by atoms with van der Waals surface area (Å²) in [5.74, 6) is -2.64. The Balaban J connectivity index is 2.13. The number of hydrogen-bond donors (Lipinski definition) is 1. The van der Waals surface area contributed by atoms with Crippen LogP contribution in [0, 0.1) is 5.92 Å². The number of benzene rings is 1. The Morgan fingerprint density at radius 3 is 2.40 bits per heavy atom. The second-order valence-corrected chi connectivity index (χ2v) is 6.49. The molecule has 5 nitrogen and oxygen atoms in total. The van der Waals surface area contributed by atoms with Gasteiger partial charge in [-0.25, -0.2) is 0 Å². The Bertz CT molecular complexity index is 646. The lowest BCUT2D eigenvalue weighted by atomic mass is 10.0. The van der Waals surface area contributed by atoms with E-state index in [4.69, 9.17) is 5.11 Å². The quantitative estimate of drug-likeness (QED) is 0.812. The molecule has 0 bridgehead atoms. The van der Waals surface area contributed by atoms with Crippen molar-refractivity contribution < 1.29 is 27.9 Å². The van der Waals surface area contributed by atoms with Gasteiger partial charge in [-0.15, -0.1) is 0 Å². The van der Waals surface area contributed by atoms with Crippen molar-refractivity contribution >= 4 is 11.9 Å². The third kappa shape index (κ3) is 4.94. The molecule has 1 fully saturated rings. The van der Waals surface area contributed by atoms with Crippen molar-refractivity contribution in [2.75, 3.05) is 33.7 Å². The molecule has 0 aliphatic heterocycles. The van der Waals surface area contributed by atoms with Gasteiger partial charge in [0.2, 0.25) is 5.91 Å². The summed E-state index contributed by atoms with van der Waals surface area (Å²) in [4.78, 5) is 26.6. The summed E-state index contributed by atoms with van der Waals surface area (Å²) in [6.45, 7) is 0.259. The molecule has 1 aliphatic carbocycles. The highest BCUT2D eigenvalue weighted by Crippen LogP contribution is 2.51. The van der Waals surface area contributed by atoms with Crippen LogP contribution in [0.2, 0.25) is 0 Å². The molecule has 1 aromatic rings. The number of carboxylic acids is 1. The molecule has 1 aromatic carbocycles. The number of carboxylic acid groups (broad SMARTS) is 1. The Hall–Kier alpha value is -2.09. The zero-order chi connectivity index (χ0) is 18.8. The lowest BCUT2D eigenvalue weighted by Gasteiger charge is -2.23. The average Bonchev–Trinajstić information content (AvgIpc) is 3.30. The number of hydrogen-bond acceptors (Lipinski definition) is 3. The molecular formula is C17H21F3N2O3. The average molecular weight is 358 g/mol. The third-order valence-corrected chi connectivity index (χ3v) is 4.23. The Kier molecular flexibility index (Phi) is 5.72. The fraction of sp³-hybridized carbons (Fsp3) is 0.529. The van der Waals surface area contributed by atoms with Crippen molar-refractivity contribution in [3.63, 3.8) is 0 Å². The number of likely N-dealkylation sites (N-methyl/N-ethyl adjacent to an activating group) is 1. The van der Waals surface area contributed by atoms with E-state index in [2.05, 4.69) is 0 Å². The monoisotopic (exact) mass is 358 g/mol. The number of aliphatic carboxylic acids is 1. The van der Waals surface area contributed by atoms with Crippen LogP contribution in [0.4, 0.5) is 13.2 Å². The van der Waals surface area contributed by atoms with E-state index >= 15 is 0 Å². The van der Waals surface area contributed by atoms with Gasteiger partial charge in [0.05, 0.1) is 5.56 Å². The first kappa shape index (κ1) is 19.2. The van der Waals surface area contributed by atoms with Crippen LogP contribution in [0.15, 0.2) is 24.3 Å². The van der Waals surface area contributed by atoms with Gasteiger partial charge >= 0.3 is 12.1 Å². The van der Waals surface area contributed by atoms with Crippen LogP contribution < -0.4 is 0 Å². The van der Waals surface area contributed by atoms with Gasteiger partial charge < -0.3 is 14.9 Å². The van der Waals surface area contributed by atoms with Crippen LogP contribution in [-0.2, 0) is 15.8 Å². The van der Waals surface area contributed by atoms with E-state index < -0.39 is 42.0 Å². The number of amides is 1. The molecule has 0 aromatic heterocycles. The summed E-state index contributed by atoms with van der Waals surface area (Å²) in [6, 6.07) is 5.24. The number of carbonyl (C=O) groups is 2. The number of nitrogens with zero attached hydrogens (tertiary/aromatic N) is 2. The van der Waals surface area contributed by atoms with E-state index in [-0.39, 0.29) is 12.1 Å². The predicted molar refractivity (Wildman–Crippen MR) is 85.1 cm³/mol. The topological polar surface area (TPSA) is 60.9 Å². The summed E-state index contributed by atoms with van der Waals surface area (Å²) in [7, 11) is 3.59. The Labute approximate surface area is 144 Å². The predicted octanol–water partition coefficient (Wildman–Crippen LogP) is 2.28. The minimum absolute atomic E-state index is 0.108. The highest BCUT2D eigenvalue weighted by atomic mass is 19.4. The first-order chi connectivity index (χ1) is 11.6. The SMILES string of the molecule is CN(C)CCN(CC(=O)O)C(=O)[C@H]1C[C@H]1c1ccccc1C(F)(F)F. The maximum atomic E-state index is 13.1. The summed E-state index contributed by atoms with van der Waals surface area (Å²) >= 11 is 0. The largest absolute Gasteiger partial charge is 0.480 e. The lowest BCUT2D eigenvalue weighted by molar-refractivity contribution is -0.145. The molecule has 1 saturated carbocycles. The summed E-state index contributed by atoms with van der Waals surface area (Å²) in [5, 5.41) is 8.98. The standard InChI is InChI=1S/C17H21F3N2O3/c1-21(2)7-8-22(10-15(23)24)16(25)13-9-12(13)11-5-3-4-6-14(11)17(18,19)20/h3-6,12-13H,7-10H2,1-2H3,(H,23,24)/t12-,13-/m0/s1. The molecular weight excluding hydrogens is 337 g/mol. The fourth-order valence-corrected chi connectivity index (χ4v) is 2.88. The van der Waals surface area contributed by atoms with E-state index in [1.807, 2.05) is 4.90 Å². The number of alkyl halides is 3. The van der Waals surface area contributed by atoms with E-state index in [0.29, 0.717) is 13.0 Å². The van der Waals surface area contributed by atoms with Gasteiger partial charge in [0.25, 0.3) is 0 Å². The zero-order valence-electron chi connectivity index (χ0n) is 14.1. The second-order valence-electron chi connectivity index (χ2n) is 6.49. The molecule has 138 valence electrons. The second kappa shape index (κ2) is 7.43. The Morgan fingerprint density at radius 1 is 1.20 bits per heavy atom. The first-order valence-corrected chi connectivity index (χ1v) is 7.92. The number of halogens is 3. The minimum Gasteiger partial charge on any atom is -0.480 e. The van der Waals surface area contributed by atoms with E-state index in [9.17, 15) is 22.8 Å². The van der Waals surface area contributed by atoms with Gasteiger partial charge in [-0.3, -0.25) is 9.59 Å². The van der Waals surface area contributed by atoms with Gasteiger partial charge in [-0.2, -0.15) is 13.2 Å². The van der Waals surface area contributed by atoms with Gasteiger partial charge in [-0.05, 0) is 38.1 Å². The van der Waals surface area contributed by atoms with Crippen molar-refractivity contribution in [2.45, 2.75) is 18.5 Å². The smallest absolute Gasteiger partial charge is 0.416 e. The molecule has 2 rings (SSSR count). The number of rotatable bonds is 7. The van der Waals surface area contributed by atoms with E-state index in [1.54, 1.807) is 14.1 Å². The molecule has 0 radical (unpaired) electrons. The van der Waals surface area contributed by atoms with Crippen LogP contribution in [0.1, 0.15) is 23.5 Å². The zero-order valence-corrected chi connectivity index (χ0v) is 14.1. The molecule has 0 heterocycles. The van der Waals surface area contributed by atoms with Crippen LogP contribution in [0.25, 0.3) is 0 Å². The summed E-state index contributed by atoms with van der Waals surface area (Å²) in [5.41, 5.74) is -0.621. The normalized spacial score (nSPS) is 19.8. The number of carbonyl (C=O) groups excluding carboxylic acids is 1. The lowest BCUT2D eigenvalue weighted by Crippen LogP contribution is -2.41. The summed E-state index contributed by atoms with van der Waals surface area (Å²) in [6.07, 6.45) is -4.16. The van der Waals surface area contributed by atoms with Gasteiger partial charge in [0.15, 0.2) is 0 Å². The van der Waals surface area contributed by atoms with Gasteiger partial charge in [0, 0.05) is 19.0 Å². The fourth-order valence-electron chi connectivity index (χ4n) is 2.88. The Morgan fingerprint density at radius 2 is 1.84 bits per heavy atom. The molecule has 8 heteroatoms. The maximum absolute atomic E-state index is 13.1. The molecule has 1 amide bonds. The van der Waals surface area contributed by atoms with Crippen molar-refractivity contribution in [2.24, 2.45) is 5.92 Å². The molecule has 1 N–H and O–H groups in total. The van der Waals surface area contributed by atoms with Crippen LogP contribution in [-0.4, -0.2) is 60.5 Å². The van der Waals surface area contributed by atoms with E-state index in [0.717, 1.165) is 6.07 Å². The molecule has 25 heavy (non-hydrogen) atoms. The molecule has 0 saturated heterocycles. The molecule has 0 unspecified atom stereocenters. The van der Waals surface area contributed by atoms with Crippen LogP contribution >= 0.6 is 0 Å². The highest BCUT2D eigenvalue weighted by molar-refractivity contribution is 5.86. The molecule has 1 aliphatic rings. The van der Waals surface area contributed by atoms with E-state index in [1.165, 1.54) is 23.1 Å². The third-order valence-electron chi connectivity index (χ3n) is 4.23. The minimum atomic E-state index is -4.47. The van der Waals surface area contributed by atoms with Crippen LogP contribution in [0.5, 0.6) is 0 Å². The van der Waals surface area contributed by atoms with Crippen LogP contribution in [0.3, 0.4) is 0 Å².